The number of nitrogens with zero attached hydrogens (tertiary/aromatic N) is 6. The molecule has 0 fully saturated rings. The molecule has 0 N–H and O–H groups in total. The predicted octanol–water partition coefficient (Wildman–Crippen LogP) is -1.13. The van der Waals surface area contributed by atoms with Gasteiger partial charge in [0.15, 0.2) is 5.01 Å². The zero-order chi connectivity index (χ0) is 19.1. The largest absolute Gasteiger partial charge is 0.457 e. The molecule has 3 aromatic rings. The van der Waals surface area contributed by atoms with Crippen molar-refractivity contribution in [2.24, 2.45) is 0 Å². The summed E-state index contributed by atoms with van der Waals surface area (Å²) in [6.07, 6.45) is 1.32. The van der Waals surface area contributed by atoms with Gasteiger partial charge in [-0.1, -0.05) is 11.3 Å². The van der Waals surface area contributed by atoms with Gasteiger partial charge in [0.2, 0.25) is 4.96 Å². The lowest BCUT2D eigenvalue weighted by Crippen LogP contribution is -2.44. The maximum Gasteiger partial charge on any atom is 0.333 e. The molecule has 0 amide bonds. The van der Waals surface area contributed by atoms with Crippen LogP contribution in [0.3, 0.4) is 0 Å². The van der Waals surface area contributed by atoms with E-state index in [9.17, 15) is 19.2 Å². The molecule has 0 saturated carbocycles. The van der Waals surface area contributed by atoms with Gasteiger partial charge in [-0.2, -0.15) is 14.7 Å². The van der Waals surface area contributed by atoms with Crippen LogP contribution in [0, 0.1) is 6.92 Å². The van der Waals surface area contributed by atoms with Crippen molar-refractivity contribution in [2.45, 2.75) is 39.5 Å². The van der Waals surface area contributed by atoms with Crippen LogP contribution < -0.4 is 16.7 Å². The number of hydrogen-bond donors (Lipinski definition) is 0. The third kappa shape index (κ3) is 3.18. The Morgan fingerprint density at radius 2 is 2.07 bits per heavy atom. The van der Waals surface area contributed by atoms with E-state index in [1.54, 1.807) is 6.92 Å². The molecule has 0 bridgehead atoms. The van der Waals surface area contributed by atoms with Crippen molar-refractivity contribution in [1.29, 1.82) is 0 Å². The lowest BCUT2D eigenvalue weighted by molar-refractivity contribution is -0.146. The van der Waals surface area contributed by atoms with Crippen molar-refractivity contribution >= 4 is 22.3 Å². The van der Waals surface area contributed by atoms with Gasteiger partial charge in [-0.15, -0.1) is 0 Å². The molecule has 1 aliphatic rings. The number of carbonyl (C=O) groups is 1. The summed E-state index contributed by atoms with van der Waals surface area (Å²) < 4.78 is 8.40. The second-order valence-electron chi connectivity index (χ2n) is 6.03. The molecule has 1 aliphatic heterocycles. The van der Waals surface area contributed by atoms with Crippen LogP contribution in [0.4, 0.5) is 0 Å². The van der Waals surface area contributed by atoms with Crippen molar-refractivity contribution in [2.75, 3.05) is 0 Å². The van der Waals surface area contributed by atoms with Gasteiger partial charge < -0.3 is 4.74 Å². The second-order valence-corrected chi connectivity index (χ2v) is 7.07. The van der Waals surface area contributed by atoms with E-state index < -0.39 is 23.6 Å². The quantitative estimate of drug-likeness (QED) is 0.404. The molecule has 4 heterocycles. The van der Waals surface area contributed by atoms with Gasteiger partial charge in [-0.25, -0.2) is 9.67 Å². The smallest absolute Gasteiger partial charge is 0.333 e. The molecule has 0 atom stereocenters. The van der Waals surface area contributed by atoms with Gasteiger partial charge >= 0.3 is 17.1 Å². The molecule has 140 valence electrons. The summed E-state index contributed by atoms with van der Waals surface area (Å²) in [6.45, 7) is 1.52. The molecule has 0 radical (unpaired) electrons. The summed E-state index contributed by atoms with van der Waals surface area (Å²) in [7, 11) is 0. The average molecular weight is 390 g/mol. The highest BCUT2D eigenvalue weighted by atomic mass is 32.1. The lowest BCUT2D eigenvalue weighted by Gasteiger charge is -2.07. The summed E-state index contributed by atoms with van der Waals surface area (Å²) in [5, 5.41) is 8.50. The maximum absolute atomic E-state index is 12.0. The fourth-order valence-electron chi connectivity index (χ4n) is 2.83. The SMILES string of the molecule is Cc1cc(=O)n2nc(COC(=O)Cn3nc4n(c(=O)c3=O)CCC4)sc2n1. The van der Waals surface area contributed by atoms with Crippen LogP contribution in [0.25, 0.3) is 4.96 Å². The van der Waals surface area contributed by atoms with Crippen LogP contribution >= 0.6 is 11.3 Å². The fourth-order valence-corrected chi connectivity index (χ4v) is 3.69. The highest BCUT2D eigenvalue weighted by molar-refractivity contribution is 7.16. The molecule has 11 nitrogen and oxygen atoms in total. The van der Waals surface area contributed by atoms with Crippen LogP contribution in [0.1, 0.15) is 22.9 Å². The third-order valence-corrected chi connectivity index (χ3v) is 4.92. The van der Waals surface area contributed by atoms with Crippen molar-refractivity contribution in [3.63, 3.8) is 0 Å². The van der Waals surface area contributed by atoms with Crippen molar-refractivity contribution in [1.82, 2.24) is 28.9 Å². The predicted molar refractivity (Wildman–Crippen MR) is 92.7 cm³/mol. The Hall–Kier alpha value is -3.15. The average Bonchev–Trinajstić information content (AvgIpc) is 3.24. The van der Waals surface area contributed by atoms with Gasteiger partial charge in [0.05, 0.1) is 0 Å². The molecule has 0 saturated heterocycles. The van der Waals surface area contributed by atoms with Gasteiger partial charge in [0, 0.05) is 24.7 Å². The van der Waals surface area contributed by atoms with E-state index in [4.69, 9.17) is 4.74 Å². The number of aryl methyl sites for hydroxylation is 2. The van der Waals surface area contributed by atoms with Gasteiger partial charge in [0.1, 0.15) is 19.0 Å². The molecule has 0 unspecified atom stereocenters. The van der Waals surface area contributed by atoms with Crippen LogP contribution in [-0.2, 0) is 35.6 Å². The number of carbonyl (C=O) groups excluding carboxylic acids is 1. The van der Waals surface area contributed by atoms with Crippen molar-refractivity contribution in [3.05, 3.63) is 53.7 Å². The summed E-state index contributed by atoms with van der Waals surface area (Å²) in [5.41, 5.74) is -1.29. The van der Waals surface area contributed by atoms with Crippen LogP contribution in [0.15, 0.2) is 20.4 Å². The minimum Gasteiger partial charge on any atom is -0.457 e. The molecule has 3 aromatic heterocycles. The molecule has 0 aromatic carbocycles. The standard InChI is InChI=1S/C15H14N6O5S/c1-8-5-11(22)21-15(16-8)27-10(18-21)7-26-12(23)6-20-14(25)13(24)19-4-2-3-9(19)17-20/h5H,2-4,6-7H2,1H3. The molecule has 12 heteroatoms. The Kier molecular flexibility index (Phi) is 4.18. The molecular weight excluding hydrogens is 376 g/mol. The Morgan fingerprint density at radius 1 is 1.26 bits per heavy atom. The first-order valence-electron chi connectivity index (χ1n) is 8.15. The number of rotatable bonds is 4. The number of esters is 1. The second kappa shape index (κ2) is 6.54. The number of hydrogen-bond acceptors (Lipinski definition) is 9. The normalized spacial score (nSPS) is 13.1. The lowest BCUT2D eigenvalue weighted by atomic mass is 10.4. The fraction of sp³-hybridized carbons (Fsp3) is 0.400. The first kappa shape index (κ1) is 17.3. The van der Waals surface area contributed by atoms with Crippen LogP contribution in [0.5, 0.6) is 0 Å². The topological polar surface area (TPSA) is 130 Å². The van der Waals surface area contributed by atoms with E-state index in [1.165, 1.54) is 10.6 Å². The third-order valence-electron chi connectivity index (χ3n) is 4.04. The molecule has 0 aliphatic carbocycles. The van der Waals surface area contributed by atoms with Crippen molar-refractivity contribution < 1.29 is 9.53 Å². The Morgan fingerprint density at radius 3 is 2.89 bits per heavy atom. The highest BCUT2D eigenvalue weighted by Gasteiger charge is 2.19. The van der Waals surface area contributed by atoms with E-state index in [2.05, 4.69) is 15.2 Å². The van der Waals surface area contributed by atoms with E-state index in [1.807, 2.05) is 0 Å². The Balaban J connectivity index is 1.49. The van der Waals surface area contributed by atoms with E-state index in [0.29, 0.717) is 34.5 Å². The Bertz CT molecular complexity index is 1240. The zero-order valence-corrected chi connectivity index (χ0v) is 15.1. The summed E-state index contributed by atoms with van der Waals surface area (Å²) in [6, 6.07) is 1.35. The minimum absolute atomic E-state index is 0.177. The van der Waals surface area contributed by atoms with Gasteiger partial charge in [0.25, 0.3) is 5.56 Å². The number of ether oxygens (including phenoxy) is 1. The number of fused-ring (bicyclic) bond motifs is 2. The van der Waals surface area contributed by atoms with Gasteiger partial charge in [-0.3, -0.25) is 23.7 Å². The molecule has 4 rings (SSSR count). The van der Waals surface area contributed by atoms with Gasteiger partial charge in [-0.05, 0) is 13.3 Å². The summed E-state index contributed by atoms with van der Waals surface area (Å²) in [4.78, 5) is 52.5. The summed E-state index contributed by atoms with van der Waals surface area (Å²) in [5.74, 6) is -0.248. The van der Waals surface area contributed by atoms with Crippen molar-refractivity contribution in [3.8, 4) is 0 Å². The summed E-state index contributed by atoms with van der Waals surface area (Å²) >= 11 is 1.12. The van der Waals surface area contributed by atoms with E-state index in [0.717, 1.165) is 27.0 Å². The first-order valence-corrected chi connectivity index (χ1v) is 8.97. The number of aromatic nitrogens is 6. The minimum atomic E-state index is -0.858. The first-order chi connectivity index (χ1) is 12.9. The molecular formula is C15H14N6O5S. The van der Waals surface area contributed by atoms with E-state index >= 15 is 0 Å². The zero-order valence-electron chi connectivity index (χ0n) is 14.2. The highest BCUT2D eigenvalue weighted by Crippen LogP contribution is 2.12. The molecule has 0 spiro atoms. The monoisotopic (exact) mass is 390 g/mol. The molecule has 27 heavy (non-hydrogen) atoms. The van der Waals surface area contributed by atoms with Crippen LogP contribution in [-0.4, -0.2) is 34.9 Å². The van der Waals surface area contributed by atoms with Crippen LogP contribution in [0.2, 0.25) is 0 Å². The maximum atomic E-state index is 12.0. The van der Waals surface area contributed by atoms with E-state index in [-0.39, 0.29) is 12.2 Å². The Labute approximate surface area is 154 Å².